The van der Waals surface area contributed by atoms with Crippen molar-refractivity contribution in [2.24, 2.45) is 5.92 Å². The number of halogens is 1. The van der Waals surface area contributed by atoms with Gasteiger partial charge in [-0.15, -0.1) is 11.3 Å². The molecule has 1 aliphatic heterocycles. The Morgan fingerprint density at radius 1 is 1.35 bits per heavy atom. The topological polar surface area (TPSA) is 57.6 Å². The first-order valence-corrected chi connectivity index (χ1v) is 10.00. The highest BCUT2D eigenvalue weighted by atomic mass is 79.9. The van der Waals surface area contributed by atoms with E-state index in [2.05, 4.69) is 15.9 Å². The lowest BCUT2D eigenvalue weighted by molar-refractivity contribution is 0.260. The number of thiophene rings is 1. The molecule has 7 heteroatoms. The summed E-state index contributed by atoms with van der Waals surface area (Å²) >= 11 is 4.62. The Morgan fingerprint density at radius 3 is 2.80 bits per heavy atom. The van der Waals surface area contributed by atoms with Crippen molar-refractivity contribution in [3.05, 3.63) is 14.7 Å². The summed E-state index contributed by atoms with van der Waals surface area (Å²) in [5.41, 5.74) is 0. The zero-order chi connectivity index (χ0) is 14.3. The first-order valence-electron chi connectivity index (χ1n) is 6.95. The Balaban J connectivity index is 1.93. The van der Waals surface area contributed by atoms with Crippen LogP contribution in [-0.2, 0) is 16.6 Å². The highest BCUT2D eigenvalue weighted by Gasteiger charge is 2.43. The van der Waals surface area contributed by atoms with E-state index in [0.717, 1.165) is 25.7 Å². The van der Waals surface area contributed by atoms with Gasteiger partial charge in [0, 0.05) is 17.5 Å². The van der Waals surface area contributed by atoms with Crippen molar-refractivity contribution in [2.45, 2.75) is 49.6 Å². The van der Waals surface area contributed by atoms with E-state index in [9.17, 15) is 13.5 Å². The molecule has 2 aliphatic rings. The van der Waals surface area contributed by atoms with Crippen molar-refractivity contribution in [1.82, 2.24) is 4.31 Å². The number of fused-ring (bicyclic) bond motifs is 1. The fourth-order valence-corrected chi connectivity index (χ4v) is 7.66. The van der Waals surface area contributed by atoms with E-state index in [1.54, 1.807) is 10.4 Å². The lowest BCUT2D eigenvalue weighted by Gasteiger charge is -2.30. The molecule has 1 N–H and O–H groups in total. The molecule has 0 amide bonds. The quantitative estimate of drug-likeness (QED) is 0.877. The van der Waals surface area contributed by atoms with Crippen LogP contribution >= 0.6 is 27.3 Å². The molecule has 4 nitrogen and oxygen atoms in total. The van der Waals surface area contributed by atoms with Crippen LogP contribution in [0, 0.1) is 5.92 Å². The predicted molar refractivity (Wildman–Crippen MR) is 82.2 cm³/mol. The first kappa shape index (κ1) is 15.0. The average molecular weight is 380 g/mol. The molecule has 1 aromatic rings. The Bertz CT molecular complexity index is 599. The third kappa shape index (κ3) is 2.47. The summed E-state index contributed by atoms with van der Waals surface area (Å²) in [6.07, 6.45) is 5.48. The number of rotatable bonds is 3. The molecule has 2 heterocycles. The van der Waals surface area contributed by atoms with Crippen LogP contribution in [0.4, 0.5) is 0 Å². The van der Waals surface area contributed by atoms with Gasteiger partial charge in [-0.1, -0.05) is 12.8 Å². The predicted octanol–water partition coefficient (Wildman–Crippen LogP) is 2.96. The fraction of sp³-hybridized carbons (Fsp3) is 0.692. The molecule has 1 aromatic heterocycles. The molecule has 3 rings (SSSR count). The van der Waals surface area contributed by atoms with Gasteiger partial charge in [0.15, 0.2) is 0 Å². The second kappa shape index (κ2) is 5.68. The van der Waals surface area contributed by atoms with Crippen molar-refractivity contribution < 1.29 is 13.5 Å². The Morgan fingerprint density at radius 2 is 2.10 bits per heavy atom. The van der Waals surface area contributed by atoms with Gasteiger partial charge in [-0.05, 0) is 47.2 Å². The molecule has 2 fully saturated rings. The van der Waals surface area contributed by atoms with Crippen LogP contribution in [0.2, 0.25) is 0 Å². The van der Waals surface area contributed by atoms with Gasteiger partial charge >= 0.3 is 0 Å². The number of sulfonamides is 1. The van der Waals surface area contributed by atoms with E-state index in [1.165, 1.54) is 17.8 Å². The molecule has 1 saturated carbocycles. The van der Waals surface area contributed by atoms with Gasteiger partial charge in [0.25, 0.3) is 0 Å². The third-order valence-corrected chi connectivity index (χ3v) is 8.57. The maximum Gasteiger partial charge on any atom is 0.245 e. The van der Waals surface area contributed by atoms with Crippen LogP contribution in [0.3, 0.4) is 0 Å². The minimum Gasteiger partial charge on any atom is -0.391 e. The van der Waals surface area contributed by atoms with Gasteiger partial charge in [0.05, 0.1) is 10.4 Å². The molecule has 1 saturated heterocycles. The molecule has 0 radical (unpaired) electrons. The van der Waals surface area contributed by atoms with Crippen LogP contribution in [0.5, 0.6) is 0 Å². The van der Waals surface area contributed by atoms with Gasteiger partial charge in [-0.2, -0.15) is 4.31 Å². The number of aliphatic hydroxyl groups excluding tert-OH is 1. The summed E-state index contributed by atoms with van der Waals surface area (Å²) in [7, 11) is -3.44. The molecule has 0 aromatic carbocycles. The van der Waals surface area contributed by atoms with Crippen LogP contribution in [0.1, 0.15) is 37.0 Å². The highest BCUT2D eigenvalue weighted by molar-refractivity contribution is 9.11. The Labute approximate surface area is 132 Å². The van der Waals surface area contributed by atoms with Gasteiger partial charge in [0.2, 0.25) is 10.0 Å². The van der Waals surface area contributed by atoms with Gasteiger partial charge in [-0.25, -0.2) is 8.42 Å². The van der Waals surface area contributed by atoms with Crippen LogP contribution < -0.4 is 0 Å². The minimum absolute atomic E-state index is 0.120. The average Bonchev–Trinajstić information content (AvgIpc) is 3.02. The van der Waals surface area contributed by atoms with Crippen molar-refractivity contribution in [3.63, 3.8) is 0 Å². The summed E-state index contributed by atoms with van der Waals surface area (Å²) in [6, 6.07) is 1.78. The SMILES string of the molecule is O=S(=O)(c1cc(CO)sc1Br)N1CCC2CCCCC21. The zero-order valence-corrected chi connectivity index (χ0v) is 14.3. The van der Waals surface area contributed by atoms with E-state index in [4.69, 9.17) is 0 Å². The number of aliphatic hydroxyl groups is 1. The fourth-order valence-electron chi connectivity index (χ4n) is 3.44. The molecule has 0 spiro atoms. The van der Waals surface area contributed by atoms with Crippen molar-refractivity contribution in [3.8, 4) is 0 Å². The monoisotopic (exact) mass is 379 g/mol. The van der Waals surface area contributed by atoms with Crippen molar-refractivity contribution in [1.29, 1.82) is 0 Å². The molecular formula is C13H18BrNO3S2. The van der Waals surface area contributed by atoms with Crippen molar-refractivity contribution in [2.75, 3.05) is 6.54 Å². The van der Waals surface area contributed by atoms with Gasteiger partial charge in [-0.3, -0.25) is 0 Å². The maximum absolute atomic E-state index is 12.9. The molecule has 2 unspecified atom stereocenters. The summed E-state index contributed by atoms with van der Waals surface area (Å²) in [5, 5.41) is 9.18. The largest absolute Gasteiger partial charge is 0.391 e. The van der Waals surface area contributed by atoms with Gasteiger partial charge < -0.3 is 5.11 Å². The van der Waals surface area contributed by atoms with E-state index in [0.29, 0.717) is 26.0 Å². The molecular weight excluding hydrogens is 362 g/mol. The Hall–Kier alpha value is 0.0500. The van der Waals surface area contributed by atoms with E-state index in [-0.39, 0.29) is 12.6 Å². The van der Waals surface area contributed by atoms with Crippen molar-refractivity contribution >= 4 is 37.3 Å². The van der Waals surface area contributed by atoms with E-state index < -0.39 is 10.0 Å². The lowest BCUT2D eigenvalue weighted by atomic mass is 9.86. The number of nitrogens with zero attached hydrogens (tertiary/aromatic N) is 1. The molecule has 2 atom stereocenters. The second-order valence-corrected chi connectivity index (χ2v) is 9.84. The van der Waals surface area contributed by atoms with Crippen LogP contribution in [-0.4, -0.2) is 30.4 Å². The van der Waals surface area contributed by atoms with E-state index in [1.807, 2.05) is 0 Å². The molecule has 20 heavy (non-hydrogen) atoms. The summed E-state index contributed by atoms with van der Waals surface area (Å²) in [6.45, 7) is 0.513. The third-order valence-electron chi connectivity index (χ3n) is 4.41. The summed E-state index contributed by atoms with van der Waals surface area (Å²) < 4.78 is 28.0. The number of hydrogen-bond acceptors (Lipinski definition) is 4. The van der Waals surface area contributed by atoms with E-state index >= 15 is 0 Å². The molecule has 0 bridgehead atoms. The second-order valence-electron chi connectivity index (χ2n) is 5.53. The highest BCUT2D eigenvalue weighted by Crippen LogP contribution is 2.41. The van der Waals surface area contributed by atoms with Gasteiger partial charge in [0.1, 0.15) is 4.90 Å². The summed E-state index contributed by atoms with van der Waals surface area (Å²) in [4.78, 5) is 0.993. The number of hydrogen-bond donors (Lipinski definition) is 1. The molecule has 112 valence electrons. The normalized spacial score (nSPS) is 27.7. The standard InChI is InChI=1S/C13H18BrNO3S2/c14-13-12(7-10(8-16)19-13)20(17,18)15-6-5-9-3-1-2-4-11(9)15/h7,9,11,16H,1-6,8H2. The Kier molecular flexibility index (Phi) is 4.25. The summed E-state index contributed by atoms with van der Waals surface area (Å²) in [5.74, 6) is 0.535. The lowest BCUT2D eigenvalue weighted by Crippen LogP contribution is -2.39. The van der Waals surface area contributed by atoms with Crippen LogP contribution in [0.15, 0.2) is 14.7 Å². The first-order chi connectivity index (χ1) is 9.54. The zero-order valence-electron chi connectivity index (χ0n) is 11.1. The molecule has 1 aliphatic carbocycles. The smallest absolute Gasteiger partial charge is 0.245 e. The minimum atomic E-state index is -3.44. The maximum atomic E-state index is 12.9. The van der Waals surface area contributed by atoms with Crippen LogP contribution in [0.25, 0.3) is 0 Å².